The minimum Gasteiger partial charge on any atom is -0.388 e. The molecule has 0 bridgehead atoms. The van der Waals surface area contributed by atoms with Crippen LogP contribution in [0.25, 0.3) is 10.8 Å². The number of hydrogen-bond acceptors (Lipinski definition) is 3. The van der Waals surface area contributed by atoms with Crippen molar-refractivity contribution in [3.05, 3.63) is 42.5 Å². The molecule has 0 aliphatic rings. The van der Waals surface area contributed by atoms with E-state index in [1.165, 1.54) is 0 Å². The van der Waals surface area contributed by atoms with Crippen molar-refractivity contribution in [1.82, 2.24) is 5.32 Å². The van der Waals surface area contributed by atoms with Gasteiger partial charge in [0.15, 0.2) is 0 Å². The van der Waals surface area contributed by atoms with Gasteiger partial charge in [0.25, 0.3) is 0 Å². The second-order valence-corrected chi connectivity index (χ2v) is 7.13. The van der Waals surface area contributed by atoms with E-state index in [0.29, 0.717) is 18.0 Å². The fourth-order valence-corrected chi connectivity index (χ4v) is 2.49. The maximum atomic E-state index is 12.0. The first-order valence-corrected chi connectivity index (χ1v) is 8.57. The van der Waals surface area contributed by atoms with Crippen LogP contribution in [0.4, 0.5) is 5.69 Å². The summed E-state index contributed by atoms with van der Waals surface area (Å²) in [5.41, 5.74) is -0.464. The van der Waals surface area contributed by atoms with Crippen molar-refractivity contribution in [3.63, 3.8) is 0 Å². The molecule has 0 spiro atoms. The predicted molar refractivity (Wildman–Crippen MR) is 100 cm³/mol. The van der Waals surface area contributed by atoms with E-state index in [1.54, 1.807) is 13.0 Å². The molecule has 2 rings (SSSR count). The highest BCUT2D eigenvalue weighted by Crippen LogP contribution is 2.19. The summed E-state index contributed by atoms with van der Waals surface area (Å²) in [6, 6.07) is 13.2. The standard InChI is InChI=1S/C20H26N2O3/c1-14(2)10-11-20(3,25)13-21-18(23)19(24)22-17-9-8-15-6-4-5-7-16(15)12-17/h4-9,12,14,25H,10-11,13H2,1-3H3,(H,21,23)(H,22,24). The molecule has 0 heterocycles. The van der Waals surface area contributed by atoms with Crippen molar-refractivity contribution in [1.29, 1.82) is 0 Å². The maximum Gasteiger partial charge on any atom is 0.313 e. The van der Waals surface area contributed by atoms with Gasteiger partial charge in [-0.2, -0.15) is 0 Å². The molecule has 0 radical (unpaired) electrons. The van der Waals surface area contributed by atoms with Crippen molar-refractivity contribution < 1.29 is 14.7 Å². The normalized spacial score (nSPS) is 13.5. The molecule has 25 heavy (non-hydrogen) atoms. The Morgan fingerprint density at radius 2 is 1.76 bits per heavy atom. The van der Waals surface area contributed by atoms with Gasteiger partial charge in [-0.3, -0.25) is 9.59 Å². The van der Waals surface area contributed by atoms with Crippen LogP contribution in [0.3, 0.4) is 0 Å². The molecular weight excluding hydrogens is 316 g/mol. The quantitative estimate of drug-likeness (QED) is 0.706. The van der Waals surface area contributed by atoms with Gasteiger partial charge in [-0.15, -0.1) is 0 Å². The number of rotatable bonds is 6. The van der Waals surface area contributed by atoms with Crippen molar-refractivity contribution in [3.8, 4) is 0 Å². The highest BCUT2D eigenvalue weighted by Gasteiger charge is 2.23. The summed E-state index contributed by atoms with van der Waals surface area (Å²) >= 11 is 0. The summed E-state index contributed by atoms with van der Waals surface area (Å²) in [6.45, 7) is 5.86. The minimum absolute atomic E-state index is 0.0453. The first kappa shape index (κ1) is 18.9. The summed E-state index contributed by atoms with van der Waals surface area (Å²) in [7, 11) is 0. The van der Waals surface area contributed by atoms with E-state index in [9.17, 15) is 14.7 Å². The maximum absolute atomic E-state index is 12.0. The molecule has 0 saturated heterocycles. The molecule has 2 aromatic rings. The monoisotopic (exact) mass is 342 g/mol. The molecule has 2 amide bonds. The van der Waals surface area contributed by atoms with Gasteiger partial charge in [0.1, 0.15) is 0 Å². The number of aliphatic hydroxyl groups is 1. The Hall–Kier alpha value is -2.40. The molecule has 1 atom stereocenters. The Morgan fingerprint density at radius 1 is 1.08 bits per heavy atom. The van der Waals surface area contributed by atoms with Crippen molar-refractivity contribution in [2.24, 2.45) is 5.92 Å². The van der Waals surface area contributed by atoms with Crippen molar-refractivity contribution in [2.75, 3.05) is 11.9 Å². The molecule has 5 nitrogen and oxygen atoms in total. The zero-order valence-electron chi connectivity index (χ0n) is 15.0. The summed E-state index contributed by atoms with van der Waals surface area (Å²) < 4.78 is 0. The van der Waals surface area contributed by atoms with Crippen LogP contribution >= 0.6 is 0 Å². The number of hydrogen-bond donors (Lipinski definition) is 3. The Morgan fingerprint density at radius 3 is 2.44 bits per heavy atom. The van der Waals surface area contributed by atoms with Gasteiger partial charge >= 0.3 is 11.8 Å². The molecule has 134 valence electrons. The van der Waals surface area contributed by atoms with E-state index < -0.39 is 17.4 Å². The zero-order valence-corrected chi connectivity index (χ0v) is 15.0. The molecule has 2 aromatic carbocycles. The molecule has 1 unspecified atom stereocenters. The molecule has 0 saturated carbocycles. The fourth-order valence-electron chi connectivity index (χ4n) is 2.49. The molecule has 0 fully saturated rings. The van der Waals surface area contributed by atoms with Gasteiger partial charge in [0.2, 0.25) is 0 Å². The van der Waals surface area contributed by atoms with Crippen LogP contribution in [-0.2, 0) is 9.59 Å². The Labute approximate surface area is 148 Å². The van der Waals surface area contributed by atoms with E-state index >= 15 is 0 Å². The lowest BCUT2D eigenvalue weighted by molar-refractivity contribution is -0.136. The van der Waals surface area contributed by atoms with Crippen LogP contribution in [0.15, 0.2) is 42.5 Å². The lowest BCUT2D eigenvalue weighted by Crippen LogP contribution is -2.44. The highest BCUT2D eigenvalue weighted by atomic mass is 16.3. The van der Waals surface area contributed by atoms with E-state index in [4.69, 9.17) is 0 Å². The first-order valence-electron chi connectivity index (χ1n) is 8.57. The minimum atomic E-state index is -1.02. The largest absolute Gasteiger partial charge is 0.388 e. The van der Waals surface area contributed by atoms with E-state index in [-0.39, 0.29) is 6.54 Å². The Balaban J connectivity index is 1.90. The molecule has 0 aliphatic heterocycles. The molecule has 0 aliphatic carbocycles. The average Bonchev–Trinajstić information content (AvgIpc) is 2.58. The number of amides is 2. The summed E-state index contributed by atoms with van der Waals surface area (Å²) in [5.74, 6) is -1.02. The lowest BCUT2D eigenvalue weighted by atomic mass is 9.95. The summed E-state index contributed by atoms with van der Waals surface area (Å²) in [4.78, 5) is 24.0. The van der Waals surface area contributed by atoms with Crippen molar-refractivity contribution in [2.45, 2.75) is 39.2 Å². The van der Waals surface area contributed by atoms with Crippen LogP contribution in [0.1, 0.15) is 33.6 Å². The summed E-state index contributed by atoms with van der Waals surface area (Å²) in [5, 5.41) is 17.4. The zero-order chi connectivity index (χ0) is 18.4. The van der Waals surface area contributed by atoms with Crippen LogP contribution in [0, 0.1) is 5.92 Å². The fraction of sp³-hybridized carbons (Fsp3) is 0.400. The number of nitrogens with one attached hydrogen (secondary N) is 2. The Kier molecular flexibility index (Phi) is 6.15. The molecule has 5 heteroatoms. The predicted octanol–water partition coefficient (Wildman–Crippen LogP) is 3.08. The number of carbonyl (C=O) groups is 2. The molecule has 3 N–H and O–H groups in total. The SMILES string of the molecule is CC(C)CCC(C)(O)CNC(=O)C(=O)Nc1ccc2ccccc2c1. The number of anilines is 1. The van der Waals surface area contributed by atoms with Crippen LogP contribution in [0.5, 0.6) is 0 Å². The second-order valence-electron chi connectivity index (χ2n) is 7.13. The third-order valence-electron chi connectivity index (χ3n) is 4.10. The van der Waals surface area contributed by atoms with Crippen molar-refractivity contribution >= 4 is 28.3 Å². The lowest BCUT2D eigenvalue weighted by Gasteiger charge is -2.24. The summed E-state index contributed by atoms with van der Waals surface area (Å²) in [6.07, 6.45) is 1.42. The van der Waals surface area contributed by atoms with E-state index in [2.05, 4.69) is 24.5 Å². The topological polar surface area (TPSA) is 78.4 Å². The smallest absolute Gasteiger partial charge is 0.313 e. The second kappa shape index (κ2) is 8.12. The third-order valence-corrected chi connectivity index (χ3v) is 4.10. The van der Waals surface area contributed by atoms with Gasteiger partial charge in [-0.05, 0) is 48.6 Å². The van der Waals surface area contributed by atoms with Crippen LogP contribution in [-0.4, -0.2) is 29.1 Å². The van der Waals surface area contributed by atoms with Gasteiger partial charge < -0.3 is 15.7 Å². The average molecular weight is 342 g/mol. The third kappa shape index (κ3) is 5.87. The van der Waals surface area contributed by atoms with Gasteiger partial charge in [-0.25, -0.2) is 0 Å². The highest BCUT2D eigenvalue weighted by molar-refractivity contribution is 6.39. The molecule has 0 aromatic heterocycles. The van der Waals surface area contributed by atoms with Gasteiger partial charge in [0, 0.05) is 12.2 Å². The van der Waals surface area contributed by atoms with Gasteiger partial charge in [0.05, 0.1) is 5.60 Å². The number of fused-ring (bicyclic) bond motifs is 1. The van der Waals surface area contributed by atoms with Crippen LogP contribution < -0.4 is 10.6 Å². The first-order chi connectivity index (χ1) is 11.8. The Bertz CT molecular complexity index is 753. The van der Waals surface area contributed by atoms with E-state index in [0.717, 1.165) is 17.2 Å². The number of carbonyl (C=O) groups excluding carboxylic acids is 2. The van der Waals surface area contributed by atoms with Gasteiger partial charge in [-0.1, -0.05) is 44.2 Å². The number of benzene rings is 2. The van der Waals surface area contributed by atoms with Crippen LogP contribution in [0.2, 0.25) is 0 Å². The molecular formula is C20H26N2O3. The van der Waals surface area contributed by atoms with E-state index in [1.807, 2.05) is 36.4 Å².